The molecule has 1 atom stereocenters. The van der Waals surface area contributed by atoms with Crippen molar-refractivity contribution < 1.29 is 0 Å². The molecule has 0 rings (SSSR count). The second-order valence-corrected chi connectivity index (χ2v) is 5.39. The van der Waals surface area contributed by atoms with Crippen LogP contribution in [0.25, 0.3) is 0 Å². The quantitative estimate of drug-likeness (QED) is 0.596. The molecule has 0 radical (unpaired) electrons. The van der Waals surface area contributed by atoms with Gasteiger partial charge >= 0.3 is 0 Å². The highest BCUT2D eigenvalue weighted by atomic mass is 32.2. The van der Waals surface area contributed by atoms with Gasteiger partial charge in [-0.2, -0.15) is 11.8 Å². The van der Waals surface area contributed by atoms with Crippen molar-refractivity contribution in [2.45, 2.75) is 32.7 Å². The lowest BCUT2D eigenvalue weighted by molar-refractivity contribution is 0.366. The van der Waals surface area contributed by atoms with Crippen LogP contribution in [0, 0.1) is 0 Å². The molecule has 0 saturated carbocycles. The fourth-order valence-corrected chi connectivity index (χ4v) is 1.86. The number of hydrogen-bond donors (Lipinski definition) is 1. The summed E-state index contributed by atoms with van der Waals surface area (Å²) in [7, 11) is 4.26. The number of nitrogens with zero attached hydrogens (tertiary/aromatic N) is 1. The van der Waals surface area contributed by atoms with Crippen LogP contribution < -0.4 is 5.32 Å². The minimum absolute atomic E-state index is 0.657. The van der Waals surface area contributed by atoms with E-state index < -0.39 is 0 Å². The fourth-order valence-electron chi connectivity index (χ4n) is 1.22. The highest BCUT2D eigenvalue weighted by Gasteiger charge is 2.00. The van der Waals surface area contributed by atoms with Crippen LogP contribution in [0.4, 0.5) is 0 Å². The van der Waals surface area contributed by atoms with Crippen molar-refractivity contribution in [1.29, 1.82) is 0 Å². The first kappa shape index (κ1) is 14.3. The minimum Gasteiger partial charge on any atom is -0.314 e. The van der Waals surface area contributed by atoms with E-state index in [1.54, 1.807) is 0 Å². The van der Waals surface area contributed by atoms with Gasteiger partial charge in [0.1, 0.15) is 0 Å². The van der Waals surface area contributed by atoms with E-state index in [0.29, 0.717) is 6.04 Å². The molecule has 0 fully saturated rings. The Morgan fingerprint density at radius 1 is 1.36 bits per heavy atom. The minimum atomic E-state index is 0.657. The summed E-state index contributed by atoms with van der Waals surface area (Å²) >= 11 is 2.03. The van der Waals surface area contributed by atoms with Crippen molar-refractivity contribution in [3.63, 3.8) is 0 Å². The van der Waals surface area contributed by atoms with E-state index in [4.69, 9.17) is 0 Å². The van der Waals surface area contributed by atoms with Crippen LogP contribution in [0.3, 0.4) is 0 Å². The van der Waals surface area contributed by atoms with Gasteiger partial charge in [-0.3, -0.25) is 0 Å². The van der Waals surface area contributed by atoms with Crippen LogP contribution in [-0.2, 0) is 0 Å². The van der Waals surface area contributed by atoms with E-state index in [1.165, 1.54) is 37.4 Å². The first-order valence-electron chi connectivity index (χ1n) is 5.62. The Morgan fingerprint density at radius 2 is 2.07 bits per heavy atom. The van der Waals surface area contributed by atoms with E-state index in [-0.39, 0.29) is 0 Å². The lowest BCUT2D eigenvalue weighted by atomic mass is 10.2. The molecule has 0 aliphatic carbocycles. The van der Waals surface area contributed by atoms with Gasteiger partial charge in [0, 0.05) is 6.04 Å². The molecule has 3 heteroatoms. The van der Waals surface area contributed by atoms with Crippen LogP contribution in [0.5, 0.6) is 0 Å². The molecule has 0 aliphatic heterocycles. The Morgan fingerprint density at radius 3 is 2.64 bits per heavy atom. The Kier molecular flexibility index (Phi) is 10.0. The molecule has 0 saturated heterocycles. The van der Waals surface area contributed by atoms with Crippen LogP contribution in [0.2, 0.25) is 0 Å². The van der Waals surface area contributed by atoms with Gasteiger partial charge < -0.3 is 10.2 Å². The normalized spacial score (nSPS) is 13.5. The van der Waals surface area contributed by atoms with Gasteiger partial charge in [0.05, 0.1) is 0 Å². The van der Waals surface area contributed by atoms with Gasteiger partial charge in [-0.25, -0.2) is 0 Å². The highest BCUT2D eigenvalue weighted by molar-refractivity contribution is 7.99. The topological polar surface area (TPSA) is 15.3 Å². The summed E-state index contributed by atoms with van der Waals surface area (Å²) < 4.78 is 0. The zero-order chi connectivity index (χ0) is 10.8. The van der Waals surface area contributed by atoms with Crippen molar-refractivity contribution >= 4 is 11.8 Å². The highest BCUT2D eigenvalue weighted by Crippen LogP contribution is 2.00. The standard InChI is InChI=1S/C11H26N2S/c1-5-14-10-6-8-12-11(2)7-9-13(3)4/h11-12H,5-10H2,1-4H3. The van der Waals surface area contributed by atoms with E-state index >= 15 is 0 Å². The summed E-state index contributed by atoms with van der Waals surface area (Å²) in [6.07, 6.45) is 2.54. The van der Waals surface area contributed by atoms with Crippen molar-refractivity contribution in [2.24, 2.45) is 0 Å². The van der Waals surface area contributed by atoms with Crippen molar-refractivity contribution in [3.8, 4) is 0 Å². The first-order chi connectivity index (χ1) is 6.66. The van der Waals surface area contributed by atoms with E-state index in [0.717, 1.165) is 0 Å². The predicted molar refractivity (Wildman–Crippen MR) is 68.3 cm³/mol. The Bertz CT molecular complexity index is 118. The summed E-state index contributed by atoms with van der Waals surface area (Å²) in [5.41, 5.74) is 0. The molecule has 0 heterocycles. The maximum Gasteiger partial charge on any atom is 0.00509 e. The van der Waals surface area contributed by atoms with Gasteiger partial charge in [0.25, 0.3) is 0 Å². The zero-order valence-electron chi connectivity index (χ0n) is 10.2. The van der Waals surface area contributed by atoms with Crippen molar-refractivity contribution in [1.82, 2.24) is 10.2 Å². The molecule has 0 aromatic heterocycles. The van der Waals surface area contributed by atoms with Crippen molar-refractivity contribution in [3.05, 3.63) is 0 Å². The molecule has 86 valence electrons. The van der Waals surface area contributed by atoms with Crippen molar-refractivity contribution in [2.75, 3.05) is 38.7 Å². The van der Waals surface area contributed by atoms with Crippen LogP contribution in [0.15, 0.2) is 0 Å². The first-order valence-corrected chi connectivity index (χ1v) is 6.78. The van der Waals surface area contributed by atoms with Crippen LogP contribution in [-0.4, -0.2) is 49.6 Å². The Balaban J connectivity index is 3.14. The summed E-state index contributed by atoms with van der Waals surface area (Å²) in [6.45, 7) is 6.84. The third-order valence-corrected chi connectivity index (χ3v) is 3.16. The van der Waals surface area contributed by atoms with Crippen LogP contribution in [0.1, 0.15) is 26.7 Å². The Labute approximate surface area is 93.8 Å². The molecule has 2 nitrogen and oxygen atoms in total. The van der Waals surface area contributed by atoms with Crippen LogP contribution >= 0.6 is 11.8 Å². The molecule has 0 aromatic carbocycles. The molecule has 14 heavy (non-hydrogen) atoms. The van der Waals surface area contributed by atoms with E-state index in [9.17, 15) is 0 Å². The third kappa shape index (κ3) is 10.4. The number of nitrogens with one attached hydrogen (secondary N) is 1. The predicted octanol–water partition coefficient (Wildman–Crippen LogP) is 2.06. The molecule has 0 aromatic rings. The summed E-state index contributed by atoms with van der Waals surface area (Å²) in [5.74, 6) is 2.54. The van der Waals surface area contributed by atoms with Gasteiger partial charge in [0.2, 0.25) is 0 Å². The third-order valence-electron chi connectivity index (χ3n) is 2.17. The van der Waals surface area contributed by atoms with Gasteiger partial charge in [-0.05, 0) is 58.5 Å². The number of rotatable bonds is 9. The second-order valence-electron chi connectivity index (χ2n) is 4.00. The average molecular weight is 218 g/mol. The lowest BCUT2D eigenvalue weighted by Gasteiger charge is -2.16. The summed E-state index contributed by atoms with van der Waals surface area (Å²) in [5, 5.41) is 3.56. The van der Waals surface area contributed by atoms with Gasteiger partial charge in [0.15, 0.2) is 0 Å². The Hall–Kier alpha value is 0.270. The van der Waals surface area contributed by atoms with Gasteiger partial charge in [-0.1, -0.05) is 6.92 Å². The molecule has 0 amide bonds. The maximum absolute atomic E-state index is 3.56. The SMILES string of the molecule is CCSCCCNC(C)CCN(C)C. The molecule has 0 spiro atoms. The van der Waals surface area contributed by atoms with E-state index in [1.807, 2.05) is 11.8 Å². The fraction of sp³-hybridized carbons (Fsp3) is 1.00. The zero-order valence-corrected chi connectivity index (χ0v) is 11.0. The lowest BCUT2D eigenvalue weighted by Crippen LogP contribution is -2.30. The molecule has 1 N–H and O–H groups in total. The molecular formula is C11H26N2S. The average Bonchev–Trinajstić information content (AvgIpc) is 2.14. The smallest absolute Gasteiger partial charge is 0.00509 e. The number of thioether (sulfide) groups is 1. The van der Waals surface area contributed by atoms with Gasteiger partial charge in [-0.15, -0.1) is 0 Å². The maximum atomic E-state index is 3.56. The summed E-state index contributed by atoms with van der Waals surface area (Å²) in [6, 6.07) is 0.657. The monoisotopic (exact) mass is 218 g/mol. The number of hydrogen-bond acceptors (Lipinski definition) is 3. The van der Waals surface area contributed by atoms with E-state index in [2.05, 4.69) is 38.2 Å². The molecular weight excluding hydrogens is 192 g/mol. The second kappa shape index (κ2) is 9.81. The largest absolute Gasteiger partial charge is 0.314 e. The molecule has 0 aliphatic rings. The molecule has 0 bridgehead atoms. The molecule has 1 unspecified atom stereocenters. The summed E-state index contributed by atoms with van der Waals surface area (Å²) in [4.78, 5) is 2.24.